The number of hydrogen-bond donors (Lipinski definition) is 1. The Hall–Kier alpha value is -1.39. The van der Waals surface area contributed by atoms with Gasteiger partial charge in [-0.2, -0.15) is 5.10 Å². The van der Waals surface area contributed by atoms with Crippen LogP contribution in [0.4, 0.5) is 0 Å². The summed E-state index contributed by atoms with van der Waals surface area (Å²) in [6.07, 6.45) is 1.60. The molecule has 144 valence electrons. The molecule has 3 rings (SSSR count). The van der Waals surface area contributed by atoms with E-state index >= 15 is 0 Å². The van der Waals surface area contributed by atoms with Gasteiger partial charge < -0.3 is 0 Å². The molecule has 1 heterocycles. The number of carbonyl (C=O) groups excluding carboxylic acids is 1. The van der Waals surface area contributed by atoms with Gasteiger partial charge in [-0.15, -0.1) is 10.2 Å². The summed E-state index contributed by atoms with van der Waals surface area (Å²) in [5.74, 6) is 0.823. The van der Waals surface area contributed by atoms with E-state index in [0.717, 1.165) is 29.5 Å². The Morgan fingerprint density at radius 1 is 1.14 bits per heavy atom. The third-order valence-electron chi connectivity index (χ3n) is 3.29. The number of nitrogens with one attached hydrogen (secondary N) is 1. The van der Waals surface area contributed by atoms with E-state index in [-0.39, 0.29) is 11.7 Å². The van der Waals surface area contributed by atoms with Crippen LogP contribution >= 0.6 is 62.4 Å². The number of nitrogens with zero attached hydrogens (tertiary/aromatic N) is 3. The number of benzene rings is 2. The molecular formula is C18H14BrClN4OS3. The second kappa shape index (κ2) is 11.0. The lowest BCUT2D eigenvalue weighted by molar-refractivity contribution is -0.118. The van der Waals surface area contributed by atoms with Gasteiger partial charge in [-0.3, -0.25) is 4.79 Å². The number of thioether (sulfide) groups is 2. The lowest BCUT2D eigenvalue weighted by Crippen LogP contribution is -2.19. The molecule has 0 aliphatic rings. The molecule has 10 heteroatoms. The highest BCUT2D eigenvalue weighted by Gasteiger charge is 2.08. The molecule has 0 spiro atoms. The fourth-order valence-corrected chi connectivity index (χ4v) is 5.23. The van der Waals surface area contributed by atoms with E-state index in [0.29, 0.717) is 0 Å². The van der Waals surface area contributed by atoms with Crippen LogP contribution in [0.1, 0.15) is 11.1 Å². The Morgan fingerprint density at radius 3 is 2.61 bits per heavy atom. The first-order valence-corrected chi connectivity index (χ1v) is 12.0. The summed E-state index contributed by atoms with van der Waals surface area (Å²) in [6, 6.07) is 15.4. The van der Waals surface area contributed by atoms with Crippen LogP contribution in [-0.2, 0) is 10.5 Å². The van der Waals surface area contributed by atoms with Crippen molar-refractivity contribution in [1.29, 1.82) is 0 Å². The van der Waals surface area contributed by atoms with Crippen LogP contribution in [0.5, 0.6) is 0 Å². The molecule has 1 N–H and O–H groups in total. The Bertz CT molecular complexity index is 965. The van der Waals surface area contributed by atoms with Crippen LogP contribution in [0, 0.1) is 0 Å². The van der Waals surface area contributed by atoms with Crippen LogP contribution in [0.25, 0.3) is 0 Å². The van der Waals surface area contributed by atoms with Crippen LogP contribution in [0.15, 0.2) is 66.8 Å². The molecule has 0 aliphatic heterocycles. The van der Waals surface area contributed by atoms with E-state index in [1.54, 1.807) is 18.0 Å². The highest BCUT2D eigenvalue weighted by molar-refractivity contribution is 9.10. The maximum absolute atomic E-state index is 11.9. The van der Waals surface area contributed by atoms with Crippen molar-refractivity contribution in [3.05, 3.63) is 69.2 Å². The molecule has 3 aromatic rings. The van der Waals surface area contributed by atoms with Crippen molar-refractivity contribution in [3.8, 4) is 0 Å². The monoisotopic (exact) mass is 512 g/mol. The molecule has 0 aliphatic carbocycles. The van der Waals surface area contributed by atoms with Gasteiger partial charge in [0.2, 0.25) is 0 Å². The average Bonchev–Trinajstić information content (AvgIpc) is 3.15. The topological polar surface area (TPSA) is 67.2 Å². The fraction of sp³-hybridized carbons (Fsp3) is 0.111. The molecule has 2 aromatic carbocycles. The van der Waals surface area contributed by atoms with Gasteiger partial charge in [-0.1, -0.05) is 92.7 Å². The van der Waals surface area contributed by atoms with E-state index < -0.39 is 0 Å². The fourth-order valence-electron chi connectivity index (χ4n) is 1.95. The van der Waals surface area contributed by atoms with Gasteiger partial charge in [0, 0.05) is 20.8 Å². The van der Waals surface area contributed by atoms with Gasteiger partial charge >= 0.3 is 0 Å². The lowest BCUT2D eigenvalue weighted by Gasteiger charge is -1.99. The average molecular weight is 514 g/mol. The third kappa shape index (κ3) is 6.89. The van der Waals surface area contributed by atoms with Crippen LogP contribution < -0.4 is 5.43 Å². The van der Waals surface area contributed by atoms with Crippen LogP contribution in [0.2, 0.25) is 5.02 Å². The first-order valence-electron chi connectivity index (χ1n) is 8.00. The van der Waals surface area contributed by atoms with Crippen LogP contribution in [-0.4, -0.2) is 28.1 Å². The minimum atomic E-state index is -0.195. The van der Waals surface area contributed by atoms with Gasteiger partial charge in [0.25, 0.3) is 5.91 Å². The molecule has 28 heavy (non-hydrogen) atoms. The molecule has 0 unspecified atom stereocenters. The molecule has 0 saturated carbocycles. The number of halogens is 2. The zero-order valence-electron chi connectivity index (χ0n) is 14.3. The summed E-state index contributed by atoms with van der Waals surface area (Å²) in [5.41, 5.74) is 4.57. The van der Waals surface area contributed by atoms with Gasteiger partial charge in [-0.25, -0.2) is 5.43 Å². The maximum Gasteiger partial charge on any atom is 0.250 e. The molecule has 0 atom stereocenters. The molecule has 0 fully saturated rings. The van der Waals surface area contributed by atoms with Crippen molar-refractivity contribution in [2.45, 2.75) is 14.4 Å². The van der Waals surface area contributed by atoms with Crippen molar-refractivity contribution < 1.29 is 4.79 Å². The minimum absolute atomic E-state index is 0.195. The zero-order chi connectivity index (χ0) is 19.8. The first kappa shape index (κ1) is 21.3. The van der Waals surface area contributed by atoms with E-state index in [4.69, 9.17) is 11.6 Å². The second-order valence-electron chi connectivity index (χ2n) is 5.35. The van der Waals surface area contributed by atoms with Crippen molar-refractivity contribution in [1.82, 2.24) is 15.6 Å². The van der Waals surface area contributed by atoms with Gasteiger partial charge in [0.15, 0.2) is 8.68 Å². The number of aromatic nitrogens is 2. The molecule has 0 saturated heterocycles. The van der Waals surface area contributed by atoms with Crippen LogP contribution in [0.3, 0.4) is 0 Å². The maximum atomic E-state index is 11.9. The van der Waals surface area contributed by atoms with E-state index in [2.05, 4.69) is 36.7 Å². The minimum Gasteiger partial charge on any atom is -0.272 e. The van der Waals surface area contributed by atoms with Gasteiger partial charge in [0.1, 0.15) is 0 Å². The Balaban J connectivity index is 1.41. The normalized spacial score (nSPS) is 11.1. The lowest BCUT2D eigenvalue weighted by atomic mass is 10.2. The summed E-state index contributed by atoms with van der Waals surface area (Å²) in [5, 5.41) is 13.0. The summed E-state index contributed by atoms with van der Waals surface area (Å²) < 4.78 is 2.54. The standard InChI is InChI=1S/C18H14BrClN4OS3/c19-15-4-2-1-3-13(15)9-21-22-16(25)11-27-18-24-23-17(28-18)26-10-12-5-7-14(20)8-6-12/h1-9H,10-11H2,(H,22,25)/b21-9+. The zero-order valence-corrected chi connectivity index (χ0v) is 19.1. The van der Waals surface area contributed by atoms with E-state index in [1.165, 1.54) is 28.7 Å². The molecule has 1 aromatic heterocycles. The summed E-state index contributed by atoms with van der Waals surface area (Å²) in [7, 11) is 0. The van der Waals surface area contributed by atoms with Crippen molar-refractivity contribution in [3.63, 3.8) is 0 Å². The number of hydrazone groups is 1. The van der Waals surface area contributed by atoms with Gasteiger partial charge in [-0.05, 0) is 23.8 Å². The SMILES string of the molecule is O=C(CSc1nnc(SCc2ccc(Cl)cc2)s1)N/N=C/c1ccccc1Br. The van der Waals surface area contributed by atoms with E-state index in [1.807, 2.05) is 48.5 Å². The second-order valence-corrected chi connectivity index (χ2v) is 10.1. The molecule has 0 radical (unpaired) electrons. The van der Waals surface area contributed by atoms with Crippen molar-refractivity contribution >= 4 is 74.5 Å². The highest BCUT2D eigenvalue weighted by Crippen LogP contribution is 2.30. The predicted octanol–water partition coefficient (Wildman–Crippen LogP) is 5.49. The number of hydrogen-bond acceptors (Lipinski definition) is 7. The van der Waals surface area contributed by atoms with Gasteiger partial charge in [0.05, 0.1) is 12.0 Å². The third-order valence-corrected chi connectivity index (χ3v) is 7.52. The summed E-state index contributed by atoms with van der Waals surface area (Å²) in [4.78, 5) is 11.9. The molecule has 1 amide bonds. The van der Waals surface area contributed by atoms with E-state index in [9.17, 15) is 4.79 Å². The first-order chi connectivity index (χ1) is 13.6. The summed E-state index contributed by atoms with van der Waals surface area (Å²) >= 11 is 13.7. The van der Waals surface area contributed by atoms with Crippen molar-refractivity contribution in [2.24, 2.45) is 5.10 Å². The molecule has 5 nitrogen and oxygen atoms in total. The quantitative estimate of drug-likeness (QED) is 0.245. The number of amides is 1. The molecule has 0 bridgehead atoms. The molecular weight excluding hydrogens is 500 g/mol. The largest absolute Gasteiger partial charge is 0.272 e. The van der Waals surface area contributed by atoms with Crippen molar-refractivity contribution in [2.75, 3.05) is 5.75 Å². The number of carbonyl (C=O) groups is 1. The number of rotatable bonds is 8. The predicted molar refractivity (Wildman–Crippen MR) is 122 cm³/mol. The highest BCUT2D eigenvalue weighted by atomic mass is 79.9. The Kier molecular flexibility index (Phi) is 8.35. The Labute approximate surface area is 188 Å². The smallest absolute Gasteiger partial charge is 0.250 e. The summed E-state index contributed by atoms with van der Waals surface area (Å²) in [6.45, 7) is 0. The Morgan fingerprint density at radius 2 is 1.86 bits per heavy atom.